The van der Waals surface area contributed by atoms with Crippen LogP contribution in [0.5, 0.6) is 0 Å². The third-order valence-corrected chi connectivity index (χ3v) is 4.76. The molecule has 0 bridgehead atoms. The van der Waals surface area contributed by atoms with Crippen LogP contribution in [0.3, 0.4) is 0 Å². The van der Waals surface area contributed by atoms with E-state index in [-0.39, 0.29) is 25.4 Å². The summed E-state index contributed by atoms with van der Waals surface area (Å²) < 4.78 is 6.00. The molecule has 0 saturated carbocycles. The second-order valence-corrected chi connectivity index (χ2v) is 6.62. The van der Waals surface area contributed by atoms with Crippen LogP contribution in [0.2, 0.25) is 0 Å². The molecule has 1 saturated heterocycles. The van der Waals surface area contributed by atoms with E-state index in [1.165, 1.54) is 0 Å². The SMILES string of the molecule is O=C1C[C@@H](OCc2ccccc2)[C@@H]([C@@H](O)CCO)N1Cc1ccccc1. The summed E-state index contributed by atoms with van der Waals surface area (Å²) >= 11 is 0. The van der Waals surface area contributed by atoms with Crippen LogP contribution in [0.25, 0.3) is 0 Å². The van der Waals surface area contributed by atoms with E-state index in [0.717, 1.165) is 11.1 Å². The average Bonchev–Trinajstić information content (AvgIpc) is 2.97. The van der Waals surface area contributed by atoms with E-state index >= 15 is 0 Å². The zero-order valence-corrected chi connectivity index (χ0v) is 14.7. The van der Waals surface area contributed by atoms with Gasteiger partial charge in [-0.25, -0.2) is 0 Å². The zero-order chi connectivity index (χ0) is 18.4. The van der Waals surface area contributed by atoms with E-state index in [9.17, 15) is 15.0 Å². The van der Waals surface area contributed by atoms with Crippen molar-refractivity contribution in [2.24, 2.45) is 0 Å². The number of rotatable bonds is 8. The molecule has 1 fully saturated rings. The van der Waals surface area contributed by atoms with E-state index in [4.69, 9.17) is 4.74 Å². The van der Waals surface area contributed by atoms with Crippen molar-refractivity contribution in [3.63, 3.8) is 0 Å². The van der Waals surface area contributed by atoms with Gasteiger partial charge in [-0.15, -0.1) is 0 Å². The second kappa shape index (κ2) is 8.94. The Kier molecular flexibility index (Phi) is 6.39. The standard InChI is InChI=1S/C21H25NO4/c23-12-11-18(24)21-19(26-15-17-9-5-2-6-10-17)13-20(25)22(21)14-16-7-3-1-4-8-16/h1-10,18-19,21,23-24H,11-15H2/t18-,19+,21+/m0/s1. The van der Waals surface area contributed by atoms with Crippen molar-refractivity contribution in [2.45, 2.75) is 44.2 Å². The minimum absolute atomic E-state index is 0.0334. The van der Waals surface area contributed by atoms with Gasteiger partial charge in [0.25, 0.3) is 0 Å². The van der Waals surface area contributed by atoms with Crippen molar-refractivity contribution >= 4 is 5.91 Å². The van der Waals surface area contributed by atoms with E-state index in [2.05, 4.69) is 0 Å². The van der Waals surface area contributed by atoms with Gasteiger partial charge in [-0.05, 0) is 17.5 Å². The van der Waals surface area contributed by atoms with Crippen LogP contribution in [-0.2, 0) is 22.7 Å². The van der Waals surface area contributed by atoms with Gasteiger partial charge in [0.15, 0.2) is 0 Å². The number of carbonyl (C=O) groups excluding carboxylic acids is 1. The molecule has 1 heterocycles. The Morgan fingerprint density at radius 3 is 2.27 bits per heavy atom. The molecule has 26 heavy (non-hydrogen) atoms. The van der Waals surface area contributed by atoms with Gasteiger partial charge in [0, 0.05) is 13.2 Å². The number of carbonyl (C=O) groups is 1. The minimum atomic E-state index is -0.823. The van der Waals surface area contributed by atoms with Gasteiger partial charge in [-0.2, -0.15) is 0 Å². The van der Waals surface area contributed by atoms with Crippen molar-refractivity contribution in [3.05, 3.63) is 71.8 Å². The summed E-state index contributed by atoms with van der Waals surface area (Å²) in [6.45, 7) is 0.689. The number of ether oxygens (including phenoxy) is 1. The number of amides is 1. The van der Waals surface area contributed by atoms with Crippen LogP contribution < -0.4 is 0 Å². The van der Waals surface area contributed by atoms with Crippen molar-refractivity contribution in [1.82, 2.24) is 4.90 Å². The number of benzene rings is 2. The van der Waals surface area contributed by atoms with Crippen LogP contribution in [-0.4, -0.2) is 45.9 Å². The summed E-state index contributed by atoms with van der Waals surface area (Å²) in [6, 6.07) is 19.0. The molecule has 3 atom stereocenters. The van der Waals surface area contributed by atoms with Gasteiger partial charge in [0.2, 0.25) is 5.91 Å². The van der Waals surface area contributed by atoms with Crippen LogP contribution in [0.1, 0.15) is 24.0 Å². The van der Waals surface area contributed by atoms with E-state index < -0.39 is 18.2 Å². The van der Waals surface area contributed by atoms with Crippen LogP contribution >= 0.6 is 0 Å². The third-order valence-electron chi connectivity index (χ3n) is 4.76. The Hall–Kier alpha value is -2.21. The first-order valence-corrected chi connectivity index (χ1v) is 8.97. The number of hydrogen-bond donors (Lipinski definition) is 2. The molecule has 5 nitrogen and oxygen atoms in total. The fourth-order valence-electron chi connectivity index (χ4n) is 3.44. The second-order valence-electron chi connectivity index (χ2n) is 6.62. The molecule has 2 aromatic carbocycles. The normalized spacial score (nSPS) is 21.2. The molecule has 1 aliphatic heterocycles. The number of aliphatic hydroxyl groups excluding tert-OH is 2. The lowest BCUT2D eigenvalue weighted by Crippen LogP contribution is -2.46. The monoisotopic (exact) mass is 355 g/mol. The molecule has 5 heteroatoms. The highest BCUT2D eigenvalue weighted by Crippen LogP contribution is 2.28. The van der Waals surface area contributed by atoms with Crippen molar-refractivity contribution in [3.8, 4) is 0 Å². The first kappa shape index (κ1) is 18.6. The van der Waals surface area contributed by atoms with E-state index in [1.54, 1.807) is 4.90 Å². The summed E-state index contributed by atoms with van der Waals surface area (Å²) in [5, 5.41) is 19.8. The number of aliphatic hydroxyl groups is 2. The maximum atomic E-state index is 12.6. The molecule has 0 spiro atoms. The van der Waals surface area contributed by atoms with Gasteiger partial charge in [0.1, 0.15) is 0 Å². The van der Waals surface area contributed by atoms with Gasteiger partial charge in [0.05, 0.1) is 31.3 Å². The lowest BCUT2D eigenvalue weighted by Gasteiger charge is -2.32. The largest absolute Gasteiger partial charge is 0.396 e. The molecule has 138 valence electrons. The molecule has 3 rings (SSSR count). The van der Waals surface area contributed by atoms with Crippen molar-refractivity contribution in [2.75, 3.05) is 6.61 Å². The fraction of sp³-hybridized carbons (Fsp3) is 0.381. The molecular weight excluding hydrogens is 330 g/mol. The highest BCUT2D eigenvalue weighted by molar-refractivity contribution is 5.80. The summed E-state index contributed by atoms with van der Waals surface area (Å²) in [7, 11) is 0. The molecule has 1 aliphatic rings. The Labute approximate surface area is 153 Å². The molecule has 0 aliphatic carbocycles. The summed E-state index contributed by atoms with van der Waals surface area (Å²) in [5.41, 5.74) is 2.03. The van der Waals surface area contributed by atoms with Crippen molar-refractivity contribution in [1.29, 1.82) is 0 Å². The predicted molar refractivity (Wildman–Crippen MR) is 98.1 cm³/mol. The predicted octanol–water partition coefficient (Wildman–Crippen LogP) is 2.12. The molecule has 2 aromatic rings. The zero-order valence-electron chi connectivity index (χ0n) is 14.7. The molecule has 1 amide bonds. The quantitative estimate of drug-likeness (QED) is 0.761. The van der Waals surface area contributed by atoms with Gasteiger partial charge >= 0.3 is 0 Å². The van der Waals surface area contributed by atoms with Crippen LogP contribution in [0, 0.1) is 0 Å². The molecule has 2 N–H and O–H groups in total. The van der Waals surface area contributed by atoms with Gasteiger partial charge in [-0.3, -0.25) is 4.79 Å². The average molecular weight is 355 g/mol. The minimum Gasteiger partial charge on any atom is -0.396 e. The lowest BCUT2D eigenvalue weighted by atomic mass is 10.0. The maximum absolute atomic E-state index is 12.6. The smallest absolute Gasteiger partial charge is 0.226 e. The number of likely N-dealkylation sites (tertiary alicyclic amines) is 1. The summed E-state index contributed by atoms with van der Waals surface area (Å²) in [6.07, 6.45) is -0.759. The van der Waals surface area contributed by atoms with Gasteiger partial charge < -0.3 is 19.8 Å². The lowest BCUT2D eigenvalue weighted by molar-refractivity contribution is -0.131. The summed E-state index contributed by atoms with van der Waals surface area (Å²) in [5.74, 6) is -0.0334. The molecule has 0 aromatic heterocycles. The number of nitrogens with zero attached hydrogens (tertiary/aromatic N) is 1. The maximum Gasteiger partial charge on any atom is 0.226 e. The van der Waals surface area contributed by atoms with E-state index in [1.807, 2.05) is 60.7 Å². The molecular formula is C21H25NO4. The molecule has 0 unspecified atom stereocenters. The van der Waals surface area contributed by atoms with E-state index in [0.29, 0.717) is 13.2 Å². The topological polar surface area (TPSA) is 70.0 Å². The highest BCUT2D eigenvalue weighted by Gasteiger charge is 2.44. The first-order chi connectivity index (χ1) is 12.7. The van der Waals surface area contributed by atoms with Crippen molar-refractivity contribution < 1.29 is 19.7 Å². The Morgan fingerprint density at radius 2 is 1.65 bits per heavy atom. The van der Waals surface area contributed by atoms with Gasteiger partial charge in [-0.1, -0.05) is 60.7 Å². The summed E-state index contributed by atoms with van der Waals surface area (Å²) in [4.78, 5) is 14.3. The Morgan fingerprint density at radius 1 is 1.04 bits per heavy atom. The Balaban J connectivity index is 1.74. The number of hydrogen-bond acceptors (Lipinski definition) is 4. The third kappa shape index (κ3) is 4.49. The fourth-order valence-corrected chi connectivity index (χ4v) is 3.44. The first-order valence-electron chi connectivity index (χ1n) is 8.97. The van der Waals surface area contributed by atoms with Crippen LogP contribution in [0.4, 0.5) is 0 Å². The Bertz CT molecular complexity index is 692. The van der Waals surface area contributed by atoms with Crippen LogP contribution in [0.15, 0.2) is 60.7 Å². The highest BCUT2D eigenvalue weighted by atomic mass is 16.5. The molecule has 0 radical (unpaired) electrons.